The van der Waals surface area contributed by atoms with Gasteiger partial charge in [-0.25, -0.2) is 4.98 Å². The van der Waals surface area contributed by atoms with Crippen LogP contribution in [0.3, 0.4) is 0 Å². The summed E-state index contributed by atoms with van der Waals surface area (Å²) >= 11 is 3.41. The molecule has 0 spiro atoms. The number of nitrogens with zero attached hydrogens (tertiary/aromatic N) is 3. The zero-order chi connectivity index (χ0) is 13.9. The first-order valence-electron chi connectivity index (χ1n) is 6.34. The Balaban J connectivity index is 1.86. The number of fused-ring (bicyclic) bond motifs is 1. The summed E-state index contributed by atoms with van der Waals surface area (Å²) in [4.78, 5) is 4.48. The molecule has 0 aliphatic carbocycles. The fraction of sp³-hybridized carbons (Fsp3) is 0.133. The van der Waals surface area contributed by atoms with Gasteiger partial charge in [0, 0.05) is 4.47 Å². The van der Waals surface area contributed by atoms with Crippen LogP contribution in [-0.4, -0.2) is 15.2 Å². The third-order valence-electron chi connectivity index (χ3n) is 3.06. The Morgan fingerprint density at radius 1 is 1.00 bits per heavy atom. The molecule has 0 radical (unpaired) electrons. The van der Waals surface area contributed by atoms with Crippen molar-refractivity contribution in [2.24, 2.45) is 0 Å². The number of aromatic nitrogens is 3. The normalized spacial score (nSPS) is 12.3. The van der Waals surface area contributed by atoms with E-state index in [4.69, 9.17) is 0 Å². The molecule has 3 aromatic rings. The van der Waals surface area contributed by atoms with Crippen LogP contribution in [0.5, 0.6) is 0 Å². The number of halogens is 1. The van der Waals surface area contributed by atoms with E-state index >= 15 is 0 Å². The van der Waals surface area contributed by atoms with Crippen LogP contribution < -0.4 is 5.32 Å². The summed E-state index contributed by atoms with van der Waals surface area (Å²) in [6, 6.07) is 16.1. The molecular formula is C15H13BrN4. The number of benzene rings is 2. The van der Waals surface area contributed by atoms with Crippen LogP contribution in [0.4, 0.5) is 5.95 Å². The van der Waals surface area contributed by atoms with E-state index in [1.54, 1.807) is 0 Å². The van der Waals surface area contributed by atoms with Crippen LogP contribution in [0, 0.1) is 0 Å². The van der Waals surface area contributed by atoms with E-state index in [-0.39, 0.29) is 6.04 Å². The lowest BCUT2D eigenvalue weighted by Crippen LogP contribution is -2.10. The molecule has 20 heavy (non-hydrogen) atoms. The maximum absolute atomic E-state index is 4.48. The summed E-state index contributed by atoms with van der Waals surface area (Å²) < 4.78 is 0.972. The molecule has 3 rings (SSSR count). The van der Waals surface area contributed by atoms with Crippen LogP contribution in [0.2, 0.25) is 0 Å². The number of rotatable bonds is 3. The first-order valence-corrected chi connectivity index (χ1v) is 7.13. The second kappa shape index (κ2) is 5.54. The Morgan fingerprint density at radius 3 is 2.60 bits per heavy atom. The van der Waals surface area contributed by atoms with Gasteiger partial charge in [-0.15, -0.1) is 10.2 Å². The first kappa shape index (κ1) is 13.0. The molecule has 1 heterocycles. The monoisotopic (exact) mass is 328 g/mol. The third kappa shape index (κ3) is 2.77. The van der Waals surface area contributed by atoms with Crippen LogP contribution in [0.15, 0.2) is 53.0 Å². The molecule has 1 aromatic heterocycles. The topological polar surface area (TPSA) is 50.7 Å². The zero-order valence-electron chi connectivity index (χ0n) is 10.9. The Hall–Kier alpha value is -2.01. The molecule has 5 heteroatoms. The van der Waals surface area contributed by atoms with E-state index in [1.165, 1.54) is 5.56 Å². The van der Waals surface area contributed by atoms with Gasteiger partial charge in [0.2, 0.25) is 5.95 Å². The summed E-state index contributed by atoms with van der Waals surface area (Å²) in [5.41, 5.74) is 2.79. The van der Waals surface area contributed by atoms with E-state index in [0.717, 1.165) is 15.5 Å². The number of hydrogen-bond acceptors (Lipinski definition) is 4. The van der Waals surface area contributed by atoms with Crippen molar-refractivity contribution in [2.45, 2.75) is 13.0 Å². The van der Waals surface area contributed by atoms with Gasteiger partial charge in [0.15, 0.2) is 0 Å². The SMILES string of the molecule is C[C@@H](Nc1nnc2cc(Br)ccc2n1)c1ccccc1. The second-order valence-electron chi connectivity index (χ2n) is 4.55. The van der Waals surface area contributed by atoms with E-state index in [2.05, 4.69) is 55.5 Å². The molecule has 4 nitrogen and oxygen atoms in total. The predicted molar refractivity (Wildman–Crippen MR) is 83.5 cm³/mol. The van der Waals surface area contributed by atoms with Gasteiger partial charge in [-0.05, 0) is 30.7 Å². The molecule has 100 valence electrons. The average Bonchev–Trinajstić information content (AvgIpc) is 2.48. The van der Waals surface area contributed by atoms with Gasteiger partial charge in [0.1, 0.15) is 5.52 Å². The highest BCUT2D eigenvalue weighted by Crippen LogP contribution is 2.19. The third-order valence-corrected chi connectivity index (χ3v) is 3.55. The van der Waals surface area contributed by atoms with E-state index in [9.17, 15) is 0 Å². The van der Waals surface area contributed by atoms with Gasteiger partial charge >= 0.3 is 0 Å². The fourth-order valence-electron chi connectivity index (χ4n) is 1.99. The van der Waals surface area contributed by atoms with E-state index < -0.39 is 0 Å². The Morgan fingerprint density at radius 2 is 1.80 bits per heavy atom. The van der Waals surface area contributed by atoms with Gasteiger partial charge < -0.3 is 5.32 Å². The minimum Gasteiger partial charge on any atom is -0.346 e. The molecule has 0 aliphatic rings. The van der Waals surface area contributed by atoms with Crippen molar-refractivity contribution in [1.29, 1.82) is 0 Å². The van der Waals surface area contributed by atoms with Gasteiger partial charge in [0.25, 0.3) is 0 Å². The lowest BCUT2D eigenvalue weighted by molar-refractivity contribution is 0.849. The number of hydrogen-bond donors (Lipinski definition) is 1. The summed E-state index contributed by atoms with van der Waals surface area (Å²) in [5.74, 6) is 0.538. The zero-order valence-corrected chi connectivity index (χ0v) is 12.5. The van der Waals surface area contributed by atoms with Crippen molar-refractivity contribution in [2.75, 3.05) is 5.32 Å². The van der Waals surface area contributed by atoms with E-state index in [1.807, 2.05) is 36.4 Å². The highest BCUT2D eigenvalue weighted by molar-refractivity contribution is 9.10. The molecule has 0 unspecified atom stereocenters. The summed E-state index contributed by atoms with van der Waals surface area (Å²) in [6.45, 7) is 2.07. The average molecular weight is 329 g/mol. The largest absolute Gasteiger partial charge is 0.346 e. The molecule has 0 aliphatic heterocycles. The van der Waals surface area contributed by atoms with Crippen molar-refractivity contribution < 1.29 is 0 Å². The lowest BCUT2D eigenvalue weighted by Gasteiger charge is -2.13. The van der Waals surface area contributed by atoms with Crippen molar-refractivity contribution in [3.63, 3.8) is 0 Å². The predicted octanol–water partition coefficient (Wildman–Crippen LogP) is 3.96. The molecule has 0 saturated carbocycles. The molecule has 1 atom stereocenters. The molecular weight excluding hydrogens is 316 g/mol. The smallest absolute Gasteiger partial charge is 0.243 e. The van der Waals surface area contributed by atoms with Crippen molar-refractivity contribution >= 4 is 32.9 Å². The molecule has 1 N–H and O–H groups in total. The van der Waals surface area contributed by atoms with Gasteiger partial charge in [-0.3, -0.25) is 0 Å². The quantitative estimate of drug-likeness (QED) is 0.790. The second-order valence-corrected chi connectivity index (χ2v) is 5.46. The van der Waals surface area contributed by atoms with Gasteiger partial charge in [-0.1, -0.05) is 46.3 Å². The molecule has 0 bridgehead atoms. The highest BCUT2D eigenvalue weighted by atomic mass is 79.9. The molecule has 2 aromatic carbocycles. The molecule has 0 saturated heterocycles. The first-order chi connectivity index (χ1) is 9.72. The number of nitrogens with one attached hydrogen (secondary N) is 1. The van der Waals surface area contributed by atoms with Crippen molar-refractivity contribution in [1.82, 2.24) is 15.2 Å². The molecule has 0 amide bonds. The van der Waals surface area contributed by atoms with Crippen molar-refractivity contribution in [3.05, 3.63) is 58.6 Å². The van der Waals surface area contributed by atoms with Gasteiger partial charge in [-0.2, -0.15) is 0 Å². The number of anilines is 1. The minimum atomic E-state index is 0.130. The summed E-state index contributed by atoms with van der Waals surface area (Å²) in [7, 11) is 0. The van der Waals surface area contributed by atoms with Crippen molar-refractivity contribution in [3.8, 4) is 0 Å². The van der Waals surface area contributed by atoms with Crippen LogP contribution in [-0.2, 0) is 0 Å². The van der Waals surface area contributed by atoms with Gasteiger partial charge in [0.05, 0.1) is 11.6 Å². The standard InChI is InChI=1S/C15H13BrN4/c1-10(11-5-3-2-4-6-11)17-15-18-13-8-7-12(16)9-14(13)19-20-15/h2-10H,1H3,(H,17,18,20)/t10-/m1/s1. The Bertz CT molecular complexity index is 730. The maximum atomic E-state index is 4.48. The van der Waals surface area contributed by atoms with Crippen LogP contribution in [0.1, 0.15) is 18.5 Å². The lowest BCUT2D eigenvalue weighted by atomic mass is 10.1. The van der Waals surface area contributed by atoms with Crippen LogP contribution >= 0.6 is 15.9 Å². The fourth-order valence-corrected chi connectivity index (χ4v) is 2.34. The highest BCUT2D eigenvalue weighted by Gasteiger charge is 2.08. The van der Waals surface area contributed by atoms with E-state index in [0.29, 0.717) is 5.95 Å². The maximum Gasteiger partial charge on any atom is 0.243 e. The summed E-state index contributed by atoms with van der Waals surface area (Å²) in [6.07, 6.45) is 0. The molecule has 0 fully saturated rings. The summed E-state index contributed by atoms with van der Waals surface area (Å²) in [5, 5.41) is 11.6. The Kier molecular flexibility index (Phi) is 3.60. The minimum absolute atomic E-state index is 0.130. The Labute approximate surface area is 125 Å². The van der Waals surface area contributed by atoms with Crippen LogP contribution in [0.25, 0.3) is 11.0 Å².